The number of nitrogens with one attached hydrogen (secondary N) is 2. The van der Waals surface area contributed by atoms with E-state index in [9.17, 15) is 4.79 Å². The van der Waals surface area contributed by atoms with Crippen molar-refractivity contribution in [3.05, 3.63) is 0 Å². The molecule has 5 heteroatoms. The van der Waals surface area contributed by atoms with E-state index >= 15 is 0 Å². The van der Waals surface area contributed by atoms with Crippen molar-refractivity contribution in [1.29, 1.82) is 0 Å². The molecule has 0 saturated heterocycles. The second kappa shape index (κ2) is 7.63. The molecule has 1 unspecified atom stereocenters. The third-order valence-electron chi connectivity index (χ3n) is 2.86. The lowest BCUT2D eigenvalue weighted by molar-refractivity contribution is -0.121. The smallest absolute Gasteiger partial charge is 0.220 e. The molecule has 100 valence electrons. The van der Waals surface area contributed by atoms with Gasteiger partial charge in [0.15, 0.2) is 6.29 Å². The predicted octanol–water partition coefficient (Wildman–Crippen LogP) is 0.642. The van der Waals surface area contributed by atoms with Gasteiger partial charge in [0.25, 0.3) is 0 Å². The molecule has 0 aromatic heterocycles. The van der Waals surface area contributed by atoms with E-state index in [0.717, 1.165) is 25.8 Å². The van der Waals surface area contributed by atoms with Gasteiger partial charge in [-0.2, -0.15) is 0 Å². The van der Waals surface area contributed by atoms with Gasteiger partial charge in [0.05, 0.1) is 6.04 Å². The third kappa shape index (κ3) is 6.00. The Hall–Kier alpha value is -0.650. The lowest BCUT2D eigenvalue weighted by Crippen LogP contribution is -2.40. The summed E-state index contributed by atoms with van der Waals surface area (Å²) in [6.45, 7) is 2.80. The van der Waals surface area contributed by atoms with Crippen LogP contribution in [0.2, 0.25) is 0 Å². The molecule has 0 radical (unpaired) electrons. The largest absolute Gasteiger partial charge is 0.354 e. The maximum Gasteiger partial charge on any atom is 0.220 e. The highest BCUT2D eigenvalue weighted by molar-refractivity contribution is 5.76. The molecule has 0 heterocycles. The van der Waals surface area contributed by atoms with Gasteiger partial charge in [-0.25, -0.2) is 0 Å². The quantitative estimate of drug-likeness (QED) is 0.462. The molecule has 17 heavy (non-hydrogen) atoms. The summed E-state index contributed by atoms with van der Waals surface area (Å²) in [4.78, 5) is 11.4. The molecule has 1 saturated carbocycles. The van der Waals surface area contributed by atoms with Crippen molar-refractivity contribution < 1.29 is 14.3 Å². The van der Waals surface area contributed by atoms with E-state index in [1.165, 1.54) is 0 Å². The van der Waals surface area contributed by atoms with E-state index in [1.807, 2.05) is 6.92 Å². The maximum atomic E-state index is 11.4. The Morgan fingerprint density at radius 1 is 1.35 bits per heavy atom. The van der Waals surface area contributed by atoms with Crippen molar-refractivity contribution in [3.63, 3.8) is 0 Å². The number of methoxy groups -OCH3 is 2. The van der Waals surface area contributed by atoms with Crippen LogP contribution in [0.4, 0.5) is 0 Å². The summed E-state index contributed by atoms with van der Waals surface area (Å²) in [6, 6.07) is 0.581. The van der Waals surface area contributed by atoms with E-state index in [-0.39, 0.29) is 18.2 Å². The molecule has 0 aromatic carbocycles. The van der Waals surface area contributed by atoms with Crippen molar-refractivity contribution in [2.75, 3.05) is 20.8 Å². The van der Waals surface area contributed by atoms with Gasteiger partial charge in [0, 0.05) is 26.7 Å². The molecule has 1 rings (SSSR count). The molecular weight excluding hydrogens is 220 g/mol. The number of amides is 1. The van der Waals surface area contributed by atoms with E-state index in [2.05, 4.69) is 10.6 Å². The monoisotopic (exact) mass is 244 g/mol. The second-order valence-corrected chi connectivity index (χ2v) is 4.53. The Bertz CT molecular complexity index is 228. The van der Waals surface area contributed by atoms with Crippen LogP contribution >= 0.6 is 0 Å². The van der Waals surface area contributed by atoms with E-state index in [0.29, 0.717) is 12.5 Å². The first-order valence-electron chi connectivity index (χ1n) is 6.25. The van der Waals surface area contributed by atoms with Gasteiger partial charge in [-0.05, 0) is 32.7 Å². The highest BCUT2D eigenvalue weighted by atomic mass is 16.7. The minimum absolute atomic E-state index is 0.122. The van der Waals surface area contributed by atoms with Crippen LogP contribution < -0.4 is 10.6 Å². The maximum absolute atomic E-state index is 11.4. The fraction of sp³-hybridized carbons (Fsp3) is 0.917. The SMILES string of the molecule is COC(OC)C(C)NCCCC(=O)NC1CC1. The average molecular weight is 244 g/mol. The summed E-state index contributed by atoms with van der Waals surface area (Å²) in [5, 5.41) is 6.25. The summed E-state index contributed by atoms with van der Waals surface area (Å²) >= 11 is 0. The number of hydrogen-bond acceptors (Lipinski definition) is 4. The predicted molar refractivity (Wildman–Crippen MR) is 65.7 cm³/mol. The van der Waals surface area contributed by atoms with Gasteiger partial charge in [0.2, 0.25) is 5.91 Å². The first kappa shape index (κ1) is 14.4. The molecule has 0 aromatic rings. The molecule has 1 fully saturated rings. The van der Waals surface area contributed by atoms with Crippen LogP contribution in [0, 0.1) is 0 Å². The van der Waals surface area contributed by atoms with E-state index in [4.69, 9.17) is 9.47 Å². The molecular formula is C12H24N2O3. The highest BCUT2D eigenvalue weighted by Gasteiger charge is 2.22. The molecule has 0 bridgehead atoms. The van der Waals surface area contributed by atoms with Crippen LogP contribution in [0.15, 0.2) is 0 Å². The molecule has 0 spiro atoms. The van der Waals surface area contributed by atoms with Gasteiger partial charge in [0.1, 0.15) is 0 Å². The Morgan fingerprint density at radius 2 is 2.00 bits per heavy atom. The Labute approximate surface area is 103 Å². The first-order valence-corrected chi connectivity index (χ1v) is 6.25. The number of hydrogen-bond donors (Lipinski definition) is 2. The van der Waals surface area contributed by atoms with Gasteiger partial charge in [-0.15, -0.1) is 0 Å². The summed E-state index contributed by atoms with van der Waals surface area (Å²) in [7, 11) is 3.24. The highest BCUT2D eigenvalue weighted by Crippen LogP contribution is 2.18. The molecule has 2 N–H and O–H groups in total. The first-order chi connectivity index (χ1) is 8.17. The Morgan fingerprint density at radius 3 is 2.53 bits per heavy atom. The number of rotatable bonds is 9. The van der Waals surface area contributed by atoms with E-state index in [1.54, 1.807) is 14.2 Å². The van der Waals surface area contributed by atoms with Gasteiger partial charge < -0.3 is 20.1 Å². The summed E-state index contributed by atoms with van der Waals surface area (Å²) in [5.41, 5.74) is 0. The third-order valence-corrected chi connectivity index (χ3v) is 2.86. The zero-order chi connectivity index (χ0) is 12.7. The molecule has 0 aliphatic heterocycles. The topological polar surface area (TPSA) is 59.6 Å². The van der Waals surface area contributed by atoms with Gasteiger partial charge in [-0.1, -0.05) is 0 Å². The number of carbonyl (C=O) groups is 1. The minimum atomic E-state index is -0.240. The Balaban J connectivity index is 2.00. The van der Waals surface area contributed by atoms with Crippen LogP contribution in [0.5, 0.6) is 0 Å². The van der Waals surface area contributed by atoms with E-state index < -0.39 is 0 Å². The lowest BCUT2D eigenvalue weighted by Gasteiger charge is -2.22. The van der Waals surface area contributed by atoms with Crippen molar-refractivity contribution in [2.24, 2.45) is 0 Å². The summed E-state index contributed by atoms with van der Waals surface area (Å²) < 4.78 is 10.3. The van der Waals surface area contributed by atoms with Crippen LogP contribution in [-0.2, 0) is 14.3 Å². The van der Waals surface area contributed by atoms with Crippen molar-refractivity contribution in [2.45, 2.75) is 51.0 Å². The summed E-state index contributed by atoms with van der Waals surface area (Å²) in [6.07, 6.45) is 3.47. The van der Waals surface area contributed by atoms with Crippen molar-refractivity contribution in [3.8, 4) is 0 Å². The van der Waals surface area contributed by atoms with Crippen molar-refractivity contribution >= 4 is 5.91 Å². The normalized spacial score (nSPS) is 17.2. The zero-order valence-electron chi connectivity index (χ0n) is 11.0. The van der Waals surface area contributed by atoms with Crippen LogP contribution in [0.3, 0.4) is 0 Å². The standard InChI is InChI=1S/C12H24N2O3/c1-9(12(16-2)17-3)13-8-4-5-11(15)14-10-6-7-10/h9-10,12-13H,4-8H2,1-3H3,(H,14,15). The Kier molecular flexibility index (Phi) is 6.47. The average Bonchev–Trinajstić information content (AvgIpc) is 3.10. The zero-order valence-corrected chi connectivity index (χ0v) is 11.0. The minimum Gasteiger partial charge on any atom is -0.354 e. The molecule has 1 amide bonds. The summed E-state index contributed by atoms with van der Waals surface area (Å²) in [5.74, 6) is 0.164. The second-order valence-electron chi connectivity index (χ2n) is 4.53. The number of carbonyl (C=O) groups excluding carboxylic acids is 1. The molecule has 5 nitrogen and oxygen atoms in total. The number of ether oxygens (including phenoxy) is 2. The van der Waals surface area contributed by atoms with Gasteiger partial charge in [-0.3, -0.25) is 4.79 Å². The molecule has 1 aliphatic rings. The van der Waals surface area contributed by atoms with Gasteiger partial charge >= 0.3 is 0 Å². The van der Waals surface area contributed by atoms with Crippen LogP contribution in [-0.4, -0.2) is 45.0 Å². The van der Waals surface area contributed by atoms with Crippen LogP contribution in [0.25, 0.3) is 0 Å². The fourth-order valence-corrected chi connectivity index (χ4v) is 1.71. The van der Waals surface area contributed by atoms with Crippen molar-refractivity contribution in [1.82, 2.24) is 10.6 Å². The molecule has 1 atom stereocenters. The fourth-order valence-electron chi connectivity index (χ4n) is 1.71. The molecule has 1 aliphatic carbocycles. The van der Waals surface area contributed by atoms with Crippen LogP contribution in [0.1, 0.15) is 32.6 Å². The lowest BCUT2D eigenvalue weighted by atomic mass is 10.2.